The predicted octanol–water partition coefficient (Wildman–Crippen LogP) is 3.57. The van der Waals surface area contributed by atoms with E-state index in [-0.39, 0.29) is 10.9 Å². The lowest BCUT2D eigenvalue weighted by atomic mass is 10.2. The van der Waals surface area contributed by atoms with Crippen LogP contribution in [-0.4, -0.2) is 57.2 Å². The van der Waals surface area contributed by atoms with Crippen molar-refractivity contribution in [2.75, 3.05) is 31.1 Å². The van der Waals surface area contributed by atoms with Crippen molar-refractivity contribution in [1.82, 2.24) is 25.1 Å². The first-order valence-electron chi connectivity index (χ1n) is 9.33. The quantitative estimate of drug-likeness (QED) is 0.527. The fourth-order valence-electron chi connectivity index (χ4n) is 3.78. The Morgan fingerprint density at radius 1 is 1.14 bits per heavy atom. The molecule has 2 aromatic heterocycles. The number of fused-ring (bicyclic) bond motifs is 2. The summed E-state index contributed by atoms with van der Waals surface area (Å²) < 4.78 is 13.9. The largest absolute Gasteiger partial charge is 0.368 e. The van der Waals surface area contributed by atoms with Gasteiger partial charge in [0.1, 0.15) is 11.5 Å². The SMILES string of the molecule is CC(=O)N1CCN(c2ccc3nc(-c4n[nH]c5cc(Cl)c(F)cc45)[nH]c3c2)CC1. The zero-order valence-corrected chi connectivity index (χ0v) is 16.4. The third-order valence-corrected chi connectivity index (χ3v) is 5.67. The van der Waals surface area contributed by atoms with Gasteiger partial charge >= 0.3 is 0 Å². The van der Waals surface area contributed by atoms with Crippen LogP contribution in [0, 0.1) is 5.82 Å². The number of imidazole rings is 1. The van der Waals surface area contributed by atoms with E-state index < -0.39 is 5.82 Å². The number of amides is 1. The highest BCUT2D eigenvalue weighted by Crippen LogP contribution is 2.30. The Morgan fingerprint density at radius 2 is 1.93 bits per heavy atom. The molecule has 1 amide bonds. The fraction of sp³-hybridized carbons (Fsp3) is 0.250. The molecule has 9 heteroatoms. The van der Waals surface area contributed by atoms with Crippen LogP contribution in [0.15, 0.2) is 30.3 Å². The smallest absolute Gasteiger partial charge is 0.219 e. The van der Waals surface area contributed by atoms with Crippen LogP contribution >= 0.6 is 11.6 Å². The third kappa shape index (κ3) is 3.09. The molecule has 0 radical (unpaired) electrons. The molecule has 7 nitrogen and oxygen atoms in total. The average Bonchev–Trinajstić information content (AvgIpc) is 3.31. The summed E-state index contributed by atoms with van der Waals surface area (Å²) in [5.41, 5.74) is 3.94. The van der Waals surface area contributed by atoms with E-state index in [0.29, 0.717) is 22.4 Å². The second kappa shape index (κ2) is 6.73. The Bertz CT molecular complexity index is 1240. The summed E-state index contributed by atoms with van der Waals surface area (Å²) in [4.78, 5) is 23.5. The molecule has 29 heavy (non-hydrogen) atoms. The van der Waals surface area contributed by atoms with Gasteiger partial charge in [0.25, 0.3) is 0 Å². The van der Waals surface area contributed by atoms with Crippen LogP contribution in [0.5, 0.6) is 0 Å². The number of piperazine rings is 1. The summed E-state index contributed by atoms with van der Waals surface area (Å²) in [5.74, 6) is 0.179. The molecule has 1 aliphatic rings. The predicted molar refractivity (Wildman–Crippen MR) is 111 cm³/mol. The van der Waals surface area contributed by atoms with Crippen molar-refractivity contribution in [1.29, 1.82) is 0 Å². The molecule has 1 saturated heterocycles. The zero-order valence-electron chi connectivity index (χ0n) is 15.7. The lowest BCUT2D eigenvalue weighted by molar-refractivity contribution is -0.129. The van der Waals surface area contributed by atoms with Gasteiger partial charge in [0.05, 0.1) is 21.6 Å². The molecule has 5 rings (SSSR count). The summed E-state index contributed by atoms with van der Waals surface area (Å²) in [7, 11) is 0. The Hall–Kier alpha value is -3.13. The Morgan fingerprint density at radius 3 is 2.69 bits per heavy atom. The number of rotatable bonds is 2. The second-order valence-corrected chi connectivity index (χ2v) is 7.57. The van der Waals surface area contributed by atoms with Crippen LogP contribution in [0.3, 0.4) is 0 Å². The van der Waals surface area contributed by atoms with E-state index in [1.165, 1.54) is 12.1 Å². The number of benzene rings is 2. The monoisotopic (exact) mass is 412 g/mol. The lowest BCUT2D eigenvalue weighted by Crippen LogP contribution is -2.48. The van der Waals surface area contributed by atoms with Crippen molar-refractivity contribution in [3.8, 4) is 11.5 Å². The van der Waals surface area contributed by atoms with Gasteiger partial charge < -0.3 is 14.8 Å². The summed E-state index contributed by atoms with van der Waals surface area (Å²) in [6.45, 7) is 4.61. The van der Waals surface area contributed by atoms with Crippen LogP contribution in [0.1, 0.15) is 6.92 Å². The molecule has 1 aliphatic heterocycles. The van der Waals surface area contributed by atoms with Crippen LogP contribution in [-0.2, 0) is 4.79 Å². The van der Waals surface area contributed by atoms with Gasteiger partial charge in [-0.2, -0.15) is 5.10 Å². The van der Waals surface area contributed by atoms with Gasteiger partial charge in [0.15, 0.2) is 5.82 Å². The number of aromatic amines is 2. The van der Waals surface area contributed by atoms with Crippen LogP contribution < -0.4 is 4.90 Å². The first-order valence-corrected chi connectivity index (χ1v) is 9.71. The molecular formula is C20H18ClFN6O. The van der Waals surface area contributed by atoms with Gasteiger partial charge in [-0.3, -0.25) is 9.89 Å². The first kappa shape index (κ1) is 17.9. The number of halogens is 2. The molecule has 1 fully saturated rings. The van der Waals surface area contributed by atoms with Crippen LogP contribution in [0.4, 0.5) is 10.1 Å². The first-order chi connectivity index (χ1) is 14.0. The number of nitrogens with zero attached hydrogens (tertiary/aromatic N) is 4. The van der Waals surface area contributed by atoms with E-state index >= 15 is 0 Å². The number of aromatic nitrogens is 4. The van der Waals surface area contributed by atoms with E-state index in [4.69, 9.17) is 11.6 Å². The van der Waals surface area contributed by atoms with Gasteiger partial charge in [-0.05, 0) is 30.3 Å². The van der Waals surface area contributed by atoms with E-state index in [1.807, 2.05) is 23.1 Å². The number of H-pyrrole nitrogens is 2. The molecule has 0 bridgehead atoms. The minimum absolute atomic E-state index is 0.0480. The van der Waals surface area contributed by atoms with Crippen LogP contribution in [0.2, 0.25) is 5.02 Å². The van der Waals surface area contributed by atoms with Crippen LogP contribution in [0.25, 0.3) is 33.5 Å². The third-order valence-electron chi connectivity index (χ3n) is 5.38. The van der Waals surface area contributed by atoms with Gasteiger partial charge in [-0.15, -0.1) is 0 Å². The normalized spacial score (nSPS) is 14.9. The summed E-state index contributed by atoms with van der Waals surface area (Å²) in [6.07, 6.45) is 0. The van der Waals surface area contributed by atoms with Gasteiger partial charge in [-0.25, -0.2) is 9.37 Å². The summed E-state index contributed by atoms with van der Waals surface area (Å²) in [5, 5.41) is 7.83. The average molecular weight is 413 g/mol. The maximum Gasteiger partial charge on any atom is 0.219 e. The number of carbonyl (C=O) groups excluding carboxylic acids is 1. The van der Waals surface area contributed by atoms with E-state index in [0.717, 1.165) is 42.9 Å². The number of hydrogen-bond acceptors (Lipinski definition) is 4. The highest BCUT2D eigenvalue weighted by atomic mass is 35.5. The topological polar surface area (TPSA) is 80.9 Å². The maximum atomic E-state index is 13.9. The minimum atomic E-state index is -0.495. The van der Waals surface area contributed by atoms with Crippen molar-refractivity contribution in [2.24, 2.45) is 0 Å². The lowest BCUT2D eigenvalue weighted by Gasteiger charge is -2.35. The number of anilines is 1. The molecule has 148 valence electrons. The molecule has 3 heterocycles. The highest BCUT2D eigenvalue weighted by Gasteiger charge is 2.20. The number of carbonyl (C=O) groups is 1. The standard InChI is InChI=1S/C20H18ClFN6O/c1-11(29)27-4-6-28(7-5-27)12-2-3-16-18(8-12)24-20(23-16)19-13-9-15(22)14(21)10-17(13)25-26-19/h2-3,8-10H,4-7H2,1H3,(H,23,24)(H,25,26). The Kier molecular flexibility index (Phi) is 4.16. The maximum absolute atomic E-state index is 13.9. The second-order valence-electron chi connectivity index (χ2n) is 7.16. The molecule has 0 aliphatic carbocycles. The summed E-state index contributed by atoms with van der Waals surface area (Å²) >= 11 is 5.85. The van der Waals surface area contributed by atoms with Gasteiger partial charge in [-0.1, -0.05) is 11.6 Å². The van der Waals surface area contributed by atoms with Crippen molar-refractivity contribution in [3.63, 3.8) is 0 Å². The molecule has 0 saturated carbocycles. The van der Waals surface area contributed by atoms with Crippen molar-refractivity contribution in [2.45, 2.75) is 6.92 Å². The Labute approximate surface area is 170 Å². The van der Waals surface area contributed by atoms with E-state index in [1.54, 1.807) is 6.92 Å². The highest BCUT2D eigenvalue weighted by molar-refractivity contribution is 6.31. The molecular weight excluding hydrogens is 395 g/mol. The van der Waals surface area contributed by atoms with Crippen molar-refractivity contribution in [3.05, 3.63) is 41.2 Å². The fourth-order valence-corrected chi connectivity index (χ4v) is 3.94. The van der Waals surface area contributed by atoms with Gasteiger partial charge in [0.2, 0.25) is 5.91 Å². The molecule has 0 spiro atoms. The zero-order chi connectivity index (χ0) is 20.1. The number of hydrogen-bond donors (Lipinski definition) is 2. The summed E-state index contributed by atoms with van der Waals surface area (Å²) in [6, 6.07) is 8.90. The van der Waals surface area contributed by atoms with Gasteiger partial charge in [0, 0.05) is 44.2 Å². The minimum Gasteiger partial charge on any atom is -0.368 e. The molecule has 2 aromatic carbocycles. The molecule has 4 aromatic rings. The molecule has 0 atom stereocenters. The van der Waals surface area contributed by atoms with E-state index in [2.05, 4.69) is 25.1 Å². The number of nitrogens with one attached hydrogen (secondary N) is 2. The van der Waals surface area contributed by atoms with E-state index in [9.17, 15) is 9.18 Å². The molecule has 2 N–H and O–H groups in total. The molecule has 0 unspecified atom stereocenters. The van der Waals surface area contributed by atoms with Crippen molar-refractivity contribution < 1.29 is 9.18 Å². The Balaban J connectivity index is 1.48. The van der Waals surface area contributed by atoms with Crippen molar-refractivity contribution >= 4 is 45.1 Å².